The first-order valence-electron chi connectivity index (χ1n) is 12.3. The van der Waals surface area contributed by atoms with Gasteiger partial charge in [0, 0.05) is 63.3 Å². The number of amides is 1. The Morgan fingerprint density at radius 2 is 1.75 bits per heavy atom. The zero-order valence-electron chi connectivity index (χ0n) is 20.2. The number of hydrogen-bond acceptors (Lipinski definition) is 5. The second-order valence-corrected chi connectivity index (χ2v) is 10.4. The van der Waals surface area contributed by atoms with Gasteiger partial charge in [-0.1, -0.05) is 6.07 Å². The molecular formula is C25H30F3N5O3. The maximum absolute atomic E-state index is 13.3. The number of aromatic nitrogens is 2. The Bertz CT molecular complexity index is 1160. The van der Waals surface area contributed by atoms with E-state index in [4.69, 9.17) is 0 Å². The van der Waals surface area contributed by atoms with Gasteiger partial charge in [0.1, 0.15) is 0 Å². The van der Waals surface area contributed by atoms with Gasteiger partial charge in [-0.05, 0) is 55.7 Å². The predicted octanol–water partition coefficient (Wildman–Crippen LogP) is 4.07. The van der Waals surface area contributed by atoms with Crippen molar-refractivity contribution >= 4 is 17.7 Å². The van der Waals surface area contributed by atoms with E-state index in [1.54, 1.807) is 17.9 Å². The molecule has 36 heavy (non-hydrogen) atoms. The fourth-order valence-corrected chi connectivity index (χ4v) is 5.78. The van der Waals surface area contributed by atoms with Gasteiger partial charge in [-0.3, -0.25) is 4.90 Å². The lowest BCUT2D eigenvalue weighted by Crippen LogP contribution is -2.60. The number of aromatic carboxylic acids is 1. The summed E-state index contributed by atoms with van der Waals surface area (Å²) in [5.74, 6) is -1.16. The van der Waals surface area contributed by atoms with E-state index in [-0.39, 0.29) is 17.1 Å². The second-order valence-electron chi connectivity index (χ2n) is 10.4. The zero-order valence-corrected chi connectivity index (χ0v) is 20.2. The molecule has 0 atom stereocenters. The van der Waals surface area contributed by atoms with Crippen LogP contribution in [0, 0.1) is 12.3 Å². The van der Waals surface area contributed by atoms with Crippen molar-refractivity contribution in [2.24, 2.45) is 5.41 Å². The number of alkyl halides is 3. The molecule has 0 unspecified atom stereocenters. The molecule has 0 radical (unpaired) electrons. The molecule has 2 aromatic rings. The zero-order chi connectivity index (χ0) is 25.7. The summed E-state index contributed by atoms with van der Waals surface area (Å²) < 4.78 is 41.1. The molecule has 5 rings (SSSR count). The fraction of sp³-hybridized carbons (Fsp3) is 0.560. The van der Waals surface area contributed by atoms with Gasteiger partial charge < -0.3 is 14.9 Å². The van der Waals surface area contributed by atoms with Crippen LogP contribution in [-0.2, 0) is 12.7 Å². The van der Waals surface area contributed by atoms with E-state index in [1.807, 2.05) is 0 Å². The van der Waals surface area contributed by atoms with Crippen LogP contribution >= 0.6 is 0 Å². The Morgan fingerprint density at radius 1 is 1.08 bits per heavy atom. The van der Waals surface area contributed by atoms with E-state index in [9.17, 15) is 27.9 Å². The number of piperidine rings is 1. The van der Waals surface area contributed by atoms with Crippen molar-refractivity contribution in [3.8, 4) is 0 Å². The molecular weight excluding hydrogens is 475 g/mol. The Balaban J connectivity index is 1.20. The van der Waals surface area contributed by atoms with Gasteiger partial charge in [0.05, 0.1) is 5.56 Å². The molecule has 1 N–H and O–H groups in total. The average molecular weight is 506 g/mol. The van der Waals surface area contributed by atoms with Crippen LogP contribution in [0.3, 0.4) is 0 Å². The van der Waals surface area contributed by atoms with Gasteiger partial charge in [0.15, 0.2) is 5.69 Å². The van der Waals surface area contributed by atoms with Gasteiger partial charge >= 0.3 is 18.2 Å². The minimum atomic E-state index is -4.36. The first-order chi connectivity index (χ1) is 17.0. The lowest BCUT2D eigenvalue weighted by Gasteiger charge is -2.54. The maximum Gasteiger partial charge on any atom is 0.416 e. The molecule has 0 saturated carbocycles. The van der Waals surface area contributed by atoms with Crippen molar-refractivity contribution in [1.29, 1.82) is 0 Å². The highest BCUT2D eigenvalue weighted by Gasteiger charge is 2.45. The van der Waals surface area contributed by atoms with E-state index in [1.165, 1.54) is 18.3 Å². The normalized spacial score (nSPS) is 20.1. The highest BCUT2D eigenvalue weighted by molar-refractivity contribution is 5.88. The Labute approximate surface area is 207 Å². The van der Waals surface area contributed by atoms with Gasteiger partial charge in [0.25, 0.3) is 0 Å². The minimum absolute atomic E-state index is 0.1000. The largest absolute Gasteiger partial charge is 0.476 e. The van der Waals surface area contributed by atoms with Gasteiger partial charge in [0.2, 0.25) is 0 Å². The standard InChI is InChI=1S/C25H30F3N5O3/c1-17-13-33(29-21(17)22(34)35)23(36)32-10-6-24(7-11-32)15-30(16-24)14-18-4-5-19(25(26,27)28)12-20(18)31-8-2-3-9-31/h4-5,12-13H,2-3,6-11,14-16H2,1H3,(H,34,35). The number of carboxylic acid groups (broad SMARTS) is 1. The number of halogens is 3. The van der Waals surface area contributed by atoms with Gasteiger partial charge in [-0.15, -0.1) is 0 Å². The third kappa shape index (κ3) is 4.68. The minimum Gasteiger partial charge on any atom is -0.476 e. The predicted molar refractivity (Wildman–Crippen MR) is 126 cm³/mol. The number of hydrogen-bond donors (Lipinski definition) is 1. The van der Waals surface area contributed by atoms with Crippen molar-refractivity contribution in [3.05, 3.63) is 46.8 Å². The lowest BCUT2D eigenvalue weighted by molar-refractivity contribution is -0.137. The molecule has 1 aromatic heterocycles. The molecule has 3 aliphatic heterocycles. The van der Waals surface area contributed by atoms with E-state index < -0.39 is 17.7 Å². The molecule has 11 heteroatoms. The summed E-state index contributed by atoms with van der Waals surface area (Å²) in [4.78, 5) is 30.1. The number of benzene rings is 1. The smallest absolute Gasteiger partial charge is 0.416 e. The number of anilines is 1. The highest BCUT2D eigenvalue weighted by atomic mass is 19.4. The molecule has 194 valence electrons. The van der Waals surface area contributed by atoms with Crippen LogP contribution < -0.4 is 4.90 Å². The van der Waals surface area contributed by atoms with Crippen LogP contribution in [0.1, 0.15) is 52.9 Å². The molecule has 4 heterocycles. The van der Waals surface area contributed by atoms with Crippen molar-refractivity contribution in [3.63, 3.8) is 0 Å². The SMILES string of the molecule is Cc1cn(C(=O)N2CCC3(CC2)CN(Cc2ccc(C(F)(F)F)cc2N2CCCC2)C3)nc1C(=O)O. The Morgan fingerprint density at radius 3 is 2.33 bits per heavy atom. The van der Waals surface area contributed by atoms with Crippen LogP contribution in [-0.4, -0.2) is 76.0 Å². The van der Waals surface area contributed by atoms with Crippen molar-refractivity contribution < 1.29 is 27.9 Å². The molecule has 1 spiro atoms. The van der Waals surface area contributed by atoms with Crippen molar-refractivity contribution in [2.45, 2.75) is 45.3 Å². The molecule has 0 bridgehead atoms. The third-order valence-corrected chi connectivity index (χ3v) is 7.76. The Hall–Kier alpha value is -3.08. The summed E-state index contributed by atoms with van der Waals surface area (Å²) in [5, 5.41) is 13.1. The number of likely N-dealkylation sites (tertiary alicyclic amines) is 2. The molecule has 8 nitrogen and oxygen atoms in total. The van der Waals surface area contributed by atoms with Crippen LogP contribution in [0.15, 0.2) is 24.4 Å². The highest BCUT2D eigenvalue weighted by Crippen LogP contribution is 2.42. The summed E-state index contributed by atoms with van der Waals surface area (Å²) in [6.07, 6.45) is 0.730. The average Bonchev–Trinajstić information content (AvgIpc) is 3.47. The van der Waals surface area contributed by atoms with E-state index in [2.05, 4.69) is 14.9 Å². The second kappa shape index (κ2) is 9.10. The topological polar surface area (TPSA) is 81.9 Å². The molecule has 0 aliphatic carbocycles. The van der Waals surface area contributed by atoms with Crippen molar-refractivity contribution in [2.75, 3.05) is 44.2 Å². The molecule has 3 fully saturated rings. The van der Waals surface area contributed by atoms with Gasteiger partial charge in [-0.25, -0.2) is 9.59 Å². The molecule has 1 amide bonds. The first kappa shape index (κ1) is 24.6. The summed E-state index contributed by atoms with van der Waals surface area (Å²) >= 11 is 0. The van der Waals surface area contributed by atoms with Crippen molar-refractivity contribution in [1.82, 2.24) is 19.6 Å². The number of nitrogens with zero attached hydrogens (tertiary/aromatic N) is 5. The van der Waals surface area contributed by atoms with Crippen LogP contribution in [0.2, 0.25) is 0 Å². The summed E-state index contributed by atoms with van der Waals surface area (Å²) in [6.45, 7) is 6.61. The number of rotatable bonds is 4. The Kier molecular flexibility index (Phi) is 6.22. The summed E-state index contributed by atoms with van der Waals surface area (Å²) in [5.41, 5.74) is 1.43. The van der Waals surface area contributed by atoms with Crippen LogP contribution in [0.25, 0.3) is 0 Å². The first-order valence-corrected chi connectivity index (χ1v) is 12.3. The number of carboxylic acids is 1. The van der Waals surface area contributed by atoms with Crippen LogP contribution in [0.5, 0.6) is 0 Å². The number of carbonyl (C=O) groups is 2. The van der Waals surface area contributed by atoms with E-state index >= 15 is 0 Å². The molecule has 1 aromatic carbocycles. The summed E-state index contributed by atoms with van der Waals surface area (Å²) in [6, 6.07) is 3.78. The summed E-state index contributed by atoms with van der Waals surface area (Å²) in [7, 11) is 0. The van der Waals surface area contributed by atoms with Crippen LogP contribution in [0.4, 0.5) is 23.7 Å². The van der Waals surface area contributed by atoms with E-state index in [0.717, 1.165) is 62.1 Å². The number of aryl methyl sites for hydroxylation is 1. The molecule has 3 saturated heterocycles. The maximum atomic E-state index is 13.3. The lowest BCUT2D eigenvalue weighted by atomic mass is 9.72. The third-order valence-electron chi connectivity index (χ3n) is 7.76. The van der Waals surface area contributed by atoms with E-state index in [0.29, 0.717) is 30.9 Å². The monoisotopic (exact) mass is 505 g/mol. The molecule has 3 aliphatic rings. The fourth-order valence-electron chi connectivity index (χ4n) is 5.78. The quantitative estimate of drug-likeness (QED) is 0.675. The number of carbonyl (C=O) groups excluding carboxylic acids is 1. The van der Waals surface area contributed by atoms with Gasteiger partial charge in [-0.2, -0.15) is 23.0 Å².